The lowest BCUT2D eigenvalue weighted by Gasteiger charge is -2.23. The van der Waals surface area contributed by atoms with Gasteiger partial charge in [-0.25, -0.2) is 0 Å². The molecule has 5 rings (SSSR count). The van der Waals surface area contributed by atoms with E-state index in [0.29, 0.717) is 23.4 Å². The number of nitrogens with zero attached hydrogens (tertiary/aromatic N) is 2. The van der Waals surface area contributed by atoms with Crippen LogP contribution in [0.3, 0.4) is 0 Å². The molecule has 1 aliphatic carbocycles. The highest BCUT2D eigenvalue weighted by Crippen LogP contribution is 2.34. The van der Waals surface area contributed by atoms with Gasteiger partial charge in [-0.15, -0.1) is 0 Å². The Morgan fingerprint density at radius 1 is 0.977 bits per heavy atom. The van der Waals surface area contributed by atoms with Gasteiger partial charge in [0.1, 0.15) is 11.5 Å². The molecule has 1 amide bonds. The summed E-state index contributed by atoms with van der Waals surface area (Å²) in [4.78, 5) is 45.8. The van der Waals surface area contributed by atoms with Crippen LogP contribution in [0.5, 0.6) is 11.5 Å². The molecule has 0 saturated heterocycles. The van der Waals surface area contributed by atoms with E-state index in [9.17, 15) is 24.6 Å². The molecule has 8 heteroatoms. The number of amides is 1. The Kier molecular flexibility index (Phi) is 8.59. The highest BCUT2D eigenvalue weighted by Gasteiger charge is 2.27. The fraction of sp³-hybridized carbons (Fsp3) is 0.257. The first-order chi connectivity index (χ1) is 20.5. The first-order valence-electron chi connectivity index (χ1n) is 14.2. The van der Waals surface area contributed by atoms with Crippen molar-refractivity contribution < 1.29 is 24.6 Å². The van der Waals surface area contributed by atoms with E-state index in [2.05, 4.69) is 18.8 Å². The van der Waals surface area contributed by atoms with E-state index < -0.39 is 17.5 Å². The van der Waals surface area contributed by atoms with Crippen LogP contribution in [0.15, 0.2) is 83.2 Å². The molecule has 2 heterocycles. The van der Waals surface area contributed by atoms with Crippen LogP contribution in [-0.4, -0.2) is 32.7 Å². The Balaban J connectivity index is 1.37. The van der Waals surface area contributed by atoms with Crippen LogP contribution < -0.4 is 4.90 Å². The highest BCUT2D eigenvalue weighted by molar-refractivity contribution is 7.07. The molecule has 2 aromatic carbocycles. The number of thiophene rings is 1. The Morgan fingerprint density at radius 2 is 1.74 bits per heavy atom. The predicted octanol–water partition coefficient (Wildman–Crippen LogP) is 7.66. The highest BCUT2D eigenvalue weighted by atomic mass is 32.1. The Morgan fingerprint density at radius 3 is 2.42 bits per heavy atom. The lowest BCUT2D eigenvalue weighted by Crippen LogP contribution is -2.30. The normalized spacial score (nSPS) is 14.4. The number of carbonyl (C=O) groups is 3. The fourth-order valence-electron chi connectivity index (χ4n) is 5.31. The third kappa shape index (κ3) is 6.75. The van der Waals surface area contributed by atoms with Gasteiger partial charge in [-0.2, -0.15) is 11.3 Å². The number of aromatic hydroxyl groups is 2. The van der Waals surface area contributed by atoms with Crippen LogP contribution in [0.4, 0.5) is 5.69 Å². The molecule has 0 unspecified atom stereocenters. The molecular weight excluding hydrogens is 560 g/mol. The number of aromatic nitrogens is 1. The Hall–Kier alpha value is -4.56. The van der Waals surface area contributed by atoms with Crippen LogP contribution in [0.1, 0.15) is 71.4 Å². The van der Waals surface area contributed by atoms with Crippen molar-refractivity contribution >= 4 is 34.5 Å². The molecule has 0 saturated carbocycles. The SMILES string of the molecule is Cc1cc(C(=O)C(=O)C2=CCCC(C)(C)CC2)cnc1-c1ccc(N(Cc2ccsc2)C(=O)c2ccc(O)cc2O)cc1. The number of rotatable bonds is 8. The lowest BCUT2D eigenvalue weighted by molar-refractivity contribution is -0.112. The van der Waals surface area contributed by atoms with Crippen molar-refractivity contribution in [2.45, 2.75) is 53.0 Å². The molecule has 0 fully saturated rings. The van der Waals surface area contributed by atoms with Crippen LogP contribution >= 0.6 is 11.3 Å². The van der Waals surface area contributed by atoms with Crippen LogP contribution in [0.25, 0.3) is 11.3 Å². The van der Waals surface area contributed by atoms with Crippen molar-refractivity contribution in [2.24, 2.45) is 5.41 Å². The molecule has 0 atom stereocenters. The van der Waals surface area contributed by atoms with Gasteiger partial charge in [0.2, 0.25) is 11.6 Å². The van der Waals surface area contributed by atoms with Crippen molar-refractivity contribution in [1.82, 2.24) is 4.98 Å². The first kappa shape index (κ1) is 29.9. The van der Waals surface area contributed by atoms with Crippen molar-refractivity contribution in [3.63, 3.8) is 0 Å². The molecule has 43 heavy (non-hydrogen) atoms. The van der Waals surface area contributed by atoms with Gasteiger partial charge in [0, 0.05) is 29.1 Å². The molecule has 4 aromatic rings. The second-order valence-electron chi connectivity index (χ2n) is 11.8. The molecule has 0 spiro atoms. The number of hydrogen-bond donors (Lipinski definition) is 2. The number of hydrogen-bond acceptors (Lipinski definition) is 7. The van der Waals surface area contributed by atoms with E-state index in [1.54, 1.807) is 23.1 Å². The molecule has 2 aromatic heterocycles. The summed E-state index contributed by atoms with van der Waals surface area (Å²) in [5.74, 6) is -1.84. The van der Waals surface area contributed by atoms with E-state index in [0.717, 1.165) is 42.0 Å². The number of allylic oxidation sites excluding steroid dienone is 2. The average Bonchev–Trinajstić information content (AvgIpc) is 3.43. The standard InChI is InChI=1S/C35H34N2O5S/c1-22-17-26(33(41)32(40)25-5-4-14-35(2,3)15-12-25)19-36-31(22)24-6-8-27(9-7-24)37(20-23-13-16-43-21-23)34(42)29-11-10-28(38)18-30(29)39/h5-11,13,16-19,21,38-39H,4,12,14-15,20H2,1-3H3. The van der Waals surface area contributed by atoms with Gasteiger partial charge in [-0.3, -0.25) is 19.4 Å². The summed E-state index contributed by atoms with van der Waals surface area (Å²) in [6.45, 7) is 6.52. The third-order valence-corrected chi connectivity index (χ3v) is 8.68. The summed E-state index contributed by atoms with van der Waals surface area (Å²) in [6, 6.07) is 14.9. The molecule has 2 N–H and O–H groups in total. The number of aryl methyl sites for hydroxylation is 1. The van der Waals surface area contributed by atoms with Gasteiger partial charge in [0.15, 0.2) is 0 Å². The van der Waals surface area contributed by atoms with Crippen molar-refractivity contribution in [3.8, 4) is 22.8 Å². The van der Waals surface area contributed by atoms with E-state index in [1.165, 1.54) is 29.7 Å². The first-order valence-corrected chi connectivity index (χ1v) is 15.2. The number of pyridine rings is 1. The van der Waals surface area contributed by atoms with Crippen LogP contribution in [0, 0.1) is 12.3 Å². The quantitative estimate of drug-likeness (QED) is 0.160. The van der Waals surface area contributed by atoms with Gasteiger partial charge < -0.3 is 15.1 Å². The van der Waals surface area contributed by atoms with Crippen molar-refractivity contribution in [3.05, 3.63) is 105 Å². The van der Waals surface area contributed by atoms with Crippen molar-refractivity contribution in [2.75, 3.05) is 4.90 Å². The predicted molar refractivity (Wildman–Crippen MR) is 169 cm³/mol. The van der Waals surface area contributed by atoms with Gasteiger partial charge in [-0.05, 0) is 102 Å². The molecule has 0 radical (unpaired) electrons. The second-order valence-corrected chi connectivity index (χ2v) is 12.5. The van der Waals surface area contributed by atoms with Gasteiger partial charge in [0.05, 0.1) is 17.8 Å². The largest absolute Gasteiger partial charge is 0.508 e. The zero-order chi connectivity index (χ0) is 30.7. The maximum Gasteiger partial charge on any atom is 0.262 e. The number of phenolic OH excluding ortho intramolecular Hbond substituents is 2. The number of benzene rings is 2. The number of ketones is 2. The lowest BCUT2D eigenvalue weighted by atomic mass is 9.84. The van der Waals surface area contributed by atoms with Crippen LogP contribution in [0.2, 0.25) is 0 Å². The van der Waals surface area contributed by atoms with Crippen molar-refractivity contribution in [1.29, 1.82) is 0 Å². The minimum Gasteiger partial charge on any atom is -0.508 e. The molecule has 0 bridgehead atoms. The number of carbonyl (C=O) groups excluding carboxylic acids is 3. The summed E-state index contributed by atoms with van der Waals surface area (Å²) in [5.41, 5.74) is 4.85. The monoisotopic (exact) mass is 594 g/mol. The molecule has 7 nitrogen and oxygen atoms in total. The van der Waals surface area contributed by atoms with E-state index in [4.69, 9.17) is 0 Å². The van der Waals surface area contributed by atoms with Gasteiger partial charge in [-0.1, -0.05) is 32.1 Å². The smallest absolute Gasteiger partial charge is 0.262 e. The summed E-state index contributed by atoms with van der Waals surface area (Å²) >= 11 is 1.53. The Labute approximate surface area is 255 Å². The summed E-state index contributed by atoms with van der Waals surface area (Å²) < 4.78 is 0. The van der Waals surface area contributed by atoms with E-state index >= 15 is 0 Å². The average molecular weight is 595 g/mol. The Bertz CT molecular complexity index is 1700. The number of phenols is 2. The second kappa shape index (κ2) is 12.4. The molecule has 1 aliphatic rings. The summed E-state index contributed by atoms with van der Waals surface area (Å²) in [6.07, 6.45) is 6.63. The zero-order valence-electron chi connectivity index (χ0n) is 24.5. The van der Waals surface area contributed by atoms with Crippen LogP contribution in [-0.2, 0) is 11.3 Å². The number of anilines is 1. The summed E-state index contributed by atoms with van der Waals surface area (Å²) in [7, 11) is 0. The molecule has 0 aliphatic heterocycles. The maximum absolute atomic E-state index is 13.5. The van der Waals surface area contributed by atoms with Gasteiger partial charge >= 0.3 is 0 Å². The maximum atomic E-state index is 13.5. The van der Waals surface area contributed by atoms with Gasteiger partial charge in [0.25, 0.3) is 5.91 Å². The summed E-state index contributed by atoms with van der Waals surface area (Å²) in [5, 5.41) is 23.9. The minimum atomic E-state index is -0.538. The van der Waals surface area contributed by atoms with E-state index in [1.807, 2.05) is 42.0 Å². The zero-order valence-corrected chi connectivity index (χ0v) is 25.3. The van der Waals surface area contributed by atoms with E-state index in [-0.39, 0.29) is 34.6 Å². The minimum absolute atomic E-state index is 0.0766. The molecule has 220 valence electrons. The topological polar surface area (TPSA) is 108 Å². The number of Topliss-reactive ketones (excluding diaryl/α,β-unsaturated/α-hetero) is 2. The molecular formula is C35H34N2O5S. The fourth-order valence-corrected chi connectivity index (χ4v) is 5.97. The third-order valence-electron chi connectivity index (χ3n) is 7.95.